The average molecular weight is 183 g/mol. The number of hydrogen-bond acceptors (Lipinski definition) is 5. The first-order valence-electron chi connectivity index (χ1n) is 4.11. The normalized spacial score (nSPS) is 13.3. The quantitative estimate of drug-likeness (QED) is 0.655. The fraction of sp³-hybridized carbons (Fsp3) is 0.714. The van der Waals surface area contributed by atoms with E-state index in [1.54, 1.807) is 6.92 Å². The second-order valence-corrected chi connectivity index (χ2v) is 3.19. The lowest BCUT2D eigenvalue weighted by Gasteiger charge is -2.07. The van der Waals surface area contributed by atoms with Gasteiger partial charge in [-0.05, 0) is 31.2 Å². The van der Waals surface area contributed by atoms with Crippen LogP contribution in [0.25, 0.3) is 0 Å². The highest BCUT2D eigenvalue weighted by Crippen LogP contribution is 2.05. The number of rotatable bonds is 3. The molecule has 6 heteroatoms. The summed E-state index contributed by atoms with van der Waals surface area (Å²) in [5.41, 5.74) is 5.44. The zero-order valence-electron chi connectivity index (χ0n) is 7.93. The molecule has 2 N–H and O–H groups in total. The van der Waals surface area contributed by atoms with Crippen LogP contribution in [0.3, 0.4) is 0 Å². The van der Waals surface area contributed by atoms with E-state index in [0.29, 0.717) is 0 Å². The molecule has 13 heavy (non-hydrogen) atoms. The Morgan fingerprint density at radius 1 is 1.46 bits per heavy atom. The number of nitrogens with zero attached hydrogens (tertiary/aromatic N) is 4. The van der Waals surface area contributed by atoms with E-state index in [9.17, 15) is 4.79 Å². The molecule has 1 heterocycles. The van der Waals surface area contributed by atoms with Gasteiger partial charge in [-0.25, -0.2) is 4.68 Å². The summed E-state index contributed by atoms with van der Waals surface area (Å²) >= 11 is 0. The Balaban J connectivity index is 3.01. The van der Waals surface area contributed by atoms with Crippen molar-refractivity contribution in [1.29, 1.82) is 0 Å². The standard InChI is InChI=1S/C7H13N5O/c1-4(2)12-7(9-10-11-12)6(13)5(3)8/h4-5H,8H2,1-3H3. The topological polar surface area (TPSA) is 86.7 Å². The van der Waals surface area contributed by atoms with E-state index in [4.69, 9.17) is 5.73 Å². The molecule has 0 aliphatic carbocycles. The van der Waals surface area contributed by atoms with Crippen LogP contribution >= 0.6 is 0 Å². The molecular formula is C7H13N5O. The van der Waals surface area contributed by atoms with E-state index in [-0.39, 0.29) is 17.6 Å². The molecule has 0 aliphatic rings. The maximum Gasteiger partial charge on any atom is 0.220 e. The Bertz CT molecular complexity index is 304. The van der Waals surface area contributed by atoms with Gasteiger partial charge >= 0.3 is 0 Å². The fourth-order valence-electron chi connectivity index (χ4n) is 0.907. The number of tetrazole rings is 1. The summed E-state index contributed by atoms with van der Waals surface area (Å²) in [5, 5.41) is 10.8. The summed E-state index contributed by atoms with van der Waals surface area (Å²) in [6, 6.07) is -0.504. The molecule has 72 valence electrons. The summed E-state index contributed by atoms with van der Waals surface area (Å²) in [6.07, 6.45) is 0. The van der Waals surface area contributed by atoms with Gasteiger partial charge in [-0.3, -0.25) is 4.79 Å². The zero-order valence-corrected chi connectivity index (χ0v) is 7.93. The number of nitrogens with two attached hydrogens (primary N) is 1. The molecule has 6 nitrogen and oxygen atoms in total. The lowest BCUT2D eigenvalue weighted by atomic mass is 10.2. The van der Waals surface area contributed by atoms with Crippen LogP contribution in [0.1, 0.15) is 37.4 Å². The molecular weight excluding hydrogens is 170 g/mol. The van der Waals surface area contributed by atoms with E-state index in [0.717, 1.165) is 0 Å². The van der Waals surface area contributed by atoms with Gasteiger partial charge < -0.3 is 5.73 Å². The van der Waals surface area contributed by atoms with Crippen molar-refractivity contribution in [2.75, 3.05) is 0 Å². The Hall–Kier alpha value is -1.30. The summed E-state index contributed by atoms with van der Waals surface area (Å²) in [4.78, 5) is 11.4. The third-order valence-corrected chi connectivity index (χ3v) is 1.62. The van der Waals surface area contributed by atoms with Gasteiger partial charge in [-0.15, -0.1) is 5.10 Å². The molecule has 0 aliphatic heterocycles. The molecule has 0 fully saturated rings. The van der Waals surface area contributed by atoms with E-state index < -0.39 is 6.04 Å². The maximum atomic E-state index is 11.4. The molecule has 0 radical (unpaired) electrons. The zero-order chi connectivity index (χ0) is 10.0. The average Bonchev–Trinajstić information content (AvgIpc) is 2.50. The molecule has 0 aromatic carbocycles. The monoisotopic (exact) mass is 183 g/mol. The molecule has 1 atom stereocenters. The van der Waals surface area contributed by atoms with Crippen LogP contribution in [0.4, 0.5) is 0 Å². The first-order chi connectivity index (χ1) is 6.04. The van der Waals surface area contributed by atoms with Gasteiger partial charge in [0, 0.05) is 0 Å². The lowest BCUT2D eigenvalue weighted by molar-refractivity contribution is 0.0950. The predicted octanol–water partition coefficient (Wildman–Crippen LogP) is -0.216. The Morgan fingerprint density at radius 3 is 2.54 bits per heavy atom. The van der Waals surface area contributed by atoms with Crippen molar-refractivity contribution >= 4 is 5.78 Å². The van der Waals surface area contributed by atoms with Gasteiger partial charge in [-0.2, -0.15) is 0 Å². The van der Waals surface area contributed by atoms with Gasteiger partial charge in [0.1, 0.15) is 0 Å². The van der Waals surface area contributed by atoms with Crippen LogP contribution in [0.2, 0.25) is 0 Å². The van der Waals surface area contributed by atoms with Crippen molar-refractivity contribution in [3.05, 3.63) is 5.82 Å². The largest absolute Gasteiger partial charge is 0.321 e. The summed E-state index contributed by atoms with van der Waals surface area (Å²) < 4.78 is 1.46. The molecule has 0 bridgehead atoms. The maximum absolute atomic E-state index is 11.4. The van der Waals surface area contributed by atoms with E-state index in [1.165, 1.54) is 4.68 Å². The number of aromatic nitrogens is 4. The highest BCUT2D eigenvalue weighted by molar-refractivity contribution is 5.96. The summed E-state index contributed by atoms with van der Waals surface area (Å²) in [5.74, 6) is -0.0105. The molecule has 0 amide bonds. The fourth-order valence-corrected chi connectivity index (χ4v) is 0.907. The van der Waals surface area contributed by atoms with Crippen LogP contribution in [-0.2, 0) is 0 Å². The van der Waals surface area contributed by atoms with E-state index >= 15 is 0 Å². The molecule has 0 spiro atoms. The van der Waals surface area contributed by atoms with Crippen molar-refractivity contribution < 1.29 is 4.79 Å². The highest BCUT2D eigenvalue weighted by Gasteiger charge is 2.19. The minimum atomic E-state index is -0.566. The van der Waals surface area contributed by atoms with Crippen molar-refractivity contribution in [1.82, 2.24) is 20.2 Å². The molecule has 1 aromatic rings. The third-order valence-electron chi connectivity index (χ3n) is 1.62. The molecule has 0 saturated heterocycles. The minimum Gasteiger partial charge on any atom is -0.321 e. The Labute approximate surface area is 76.1 Å². The second-order valence-electron chi connectivity index (χ2n) is 3.19. The number of ketones is 1. The summed E-state index contributed by atoms with van der Waals surface area (Å²) in [6.45, 7) is 5.41. The van der Waals surface area contributed by atoms with Crippen LogP contribution < -0.4 is 5.73 Å². The molecule has 1 rings (SSSR count). The second kappa shape index (κ2) is 3.61. The number of hydrogen-bond donors (Lipinski definition) is 1. The molecule has 1 aromatic heterocycles. The molecule has 1 unspecified atom stereocenters. The van der Waals surface area contributed by atoms with Crippen LogP contribution in [0.15, 0.2) is 0 Å². The van der Waals surface area contributed by atoms with Gasteiger partial charge in [-0.1, -0.05) is 0 Å². The Morgan fingerprint density at radius 2 is 2.08 bits per heavy atom. The van der Waals surface area contributed by atoms with E-state index in [2.05, 4.69) is 15.5 Å². The Kier molecular flexibility index (Phi) is 2.72. The van der Waals surface area contributed by atoms with Gasteiger partial charge in [0.05, 0.1) is 12.1 Å². The number of carbonyl (C=O) groups excluding carboxylic acids is 1. The third kappa shape index (κ3) is 1.89. The van der Waals surface area contributed by atoms with Crippen LogP contribution in [-0.4, -0.2) is 32.0 Å². The summed E-state index contributed by atoms with van der Waals surface area (Å²) in [7, 11) is 0. The van der Waals surface area contributed by atoms with E-state index in [1.807, 2.05) is 13.8 Å². The first kappa shape index (κ1) is 9.79. The van der Waals surface area contributed by atoms with Crippen molar-refractivity contribution in [3.8, 4) is 0 Å². The van der Waals surface area contributed by atoms with Gasteiger partial charge in [0.2, 0.25) is 11.6 Å². The highest BCUT2D eigenvalue weighted by atomic mass is 16.1. The first-order valence-corrected chi connectivity index (χ1v) is 4.11. The SMILES string of the molecule is CC(N)C(=O)c1nnnn1C(C)C. The van der Waals surface area contributed by atoms with Crippen LogP contribution in [0.5, 0.6) is 0 Å². The van der Waals surface area contributed by atoms with Crippen LogP contribution in [0, 0.1) is 0 Å². The lowest BCUT2D eigenvalue weighted by Crippen LogP contribution is -2.30. The molecule has 0 saturated carbocycles. The number of carbonyl (C=O) groups is 1. The minimum absolute atomic E-state index is 0.0627. The smallest absolute Gasteiger partial charge is 0.220 e. The number of Topliss-reactive ketones (excluding diaryl/α,β-unsaturated/α-hetero) is 1. The van der Waals surface area contributed by atoms with Crippen molar-refractivity contribution in [2.24, 2.45) is 5.73 Å². The van der Waals surface area contributed by atoms with Crippen molar-refractivity contribution in [2.45, 2.75) is 32.9 Å². The predicted molar refractivity (Wildman–Crippen MR) is 46.2 cm³/mol. The van der Waals surface area contributed by atoms with Gasteiger partial charge in [0.15, 0.2) is 0 Å². The van der Waals surface area contributed by atoms with Crippen molar-refractivity contribution in [3.63, 3.8) is 0 Å². The van der Waals surface area contributed by atoms with Gasteiger partial charge in [0.25, 0.3) is 0 Å².